The first-order valence-electron chi connectivity index (χ1n) is 8.71. The quantitative estimate of drug-likeness (QED) is 0.589. The van der Waals surface area contributed by atoms with Crippen molar-refractivity contribution in [2.24, 2.45) is 0 Å². The van der Waals surface area contributed by atoms with Gasteiger partial charge in [0.25, 0.3) is 5.91 Å². The Morgan fingerprint density at radius 2 is 1.61 bits per heavy atom. The molecule has 148 valence electrons. The number of halogens is 1. The minimum atomic E-state index is -0.517. The Morgan fingerprint density at radius 3 is 2.32 bits per heavy atom. The lowest BCUT2D eigenvalue weighted by Gasteiger charge is -2.10. The van der Waals surface area contributed by atoms with Crippen molar-refractivity contribution in [1.82, 2.24) is 16.2 Å². The number of hydrazine groups is 1. The molecule has 0 fully saturated rings. The van der Waals surface area contributed by atoms with E-state index < -0.39 is 11.8 Å². The molecule has 0 bridgehead atoms. The maximum atomic E-state index is 11.8. The molecule has 0 aliphatic heterocycles. The number of hydrogen-bond acceptors (Lipinski definition) is 4. The first kappa shape index (κ1) is 21.2. The highest BCUT2D eigenvalue weighted by Gasteiger charge is 2.09. The summed E-state index contributed by atoms with van der Waals surface area (Å²) < 4.78 is 5.37. The lowest BCUT2D eigenvalue weighted by molar-refractivity contribution is -0.131. The lowest BCUT2D eigenvalue weighted by Crippen LogP contribution is -2.44. The monoisotopic (exact) mass is 403 g/mol. The van der Waals surface area contributed by atoms with Crippen LogP contribution < -0.4 is 20.9 Å². The highest BCUT2D eigenvalue weighted by atomic mass is 35.5. The van der Waals surface area contributed by atoms with Crippen molar-refractivity contribution in [3.63, 3.8) is 0 Å². The molecule has 0 aromatic heterocycles. The summed E-state index contributed by atoms with van der Waals surface area (Å²) in [6.07, 6.45) is -0.0208. The van der Waals surface area contributed by atoms with Gasteiger partial charge >= 0.3 is 0 Å². The molecule has 3 N–H and O–H groups in total. The minimum absolute atomic E-state index is 0.0228. The van der Waals surface area contributed by atoms with Crippen molar-refractivity contribution in [2.75, 3.05) is 6.61 Å². The molecule has 2 rings (SSSR count). The fourth-order valence-corrected chi connectivity index (χ4v) is 2.49. The van der Waals surface area contributed by atoms with E-state index in [0.717, 1.165) is 11.1 Å². The van der Waals surface area contributed by atoms with E-state index in [1.165, 1.54) is 0 Å². The number of nitrogens with one attached hydrogen (secondary N) is 3. The average molecular weight is 404 g/mol. The summed E-state index contributed by atoms with van der Waals surface area (Å²) in [6.45, 7) is 1.95. The van der Waals surface area contributed by atoms with Crippen LogP contribution in [0.3, 0.4) is 0 Å². The van der Waals surface area contributed by atoms with E-state index in [1.807, 2.05) is 37.3 Å². The van der Waals surface area contributed by atoms with Crippen LogP contribution in [-0.4, -0.2) is 24.3 Å². The van der Waals surface area contributed by atoms with E-state index in [9.17, 15) is 14.4 Å². The van der Waals surface area contributed by atoms with Gasteiger partial charge in [-0.05, 0) is 36.2 Å². The number of carbonyl (C=O) groups is 3. The van der Waals surface area contributed by atoms with E-state index in [-0.39, 0.29) is 25.4 Å². The van der Waals surface area contributed by atoms with Crippen molar-refractivity contribution in [2.45, 2.75) is 26.3 Å². The van der Waals surface area contributed by atoms with Gasteiger partial charge in [-0.2, -0.15) is 0 Å². The molecule has 0 unspecified atom stereocenters. The Labute approximate surface area is 168 Å². The smallest absolute Gasteiger partial charge is 0.276 e. The van der Waals surface area contributed by atoms with Crippen molar-refractivity contribution >= 4 is 29.3 Å². The molecule has 0 atom stereocenters. The van der Waals surface area contributed by atoms with Crippen LogP contribution in [0.1, 0.15) is 24.0 Å². The summed E-state index contributed by atoms with van der Waals surface area (Å²) in [6, 6.07) is 14.5. The summed E-state index contributed by atoms with van der Waals surface area (Å²) in [5, 5.41) is 3.31. The maximum Gasteiger partial charge on any atom is 0.276 e. The Morgan fingerprint density at radius 1 is 0.929 bits per heavy atom. The SMILES string of the molecule is Cc1cc(Cl)ccc1OCC(=O)NNC(=O)CCC(=O)NCc1ccccc1. The lowest BCUT2D eigenvalue weighted by atomic mass is 10.2. The van der Waals surface area contributed by atoms with Crippen LogP contribution in [0.15, 0.2) is 48.5 Å². The van der Waals surface area contributed by atoms with Gasteiger partial charge in [0.05, 0.1) is 0 Å². The Balaban J connectivity index is 1.60. The van der Waals surface area contributed by atoms with Crippen LogP contribution >= 0.6 is 11.6 Å². The van der Waals surface area contributed by atoms with Crippen LogP contribution in [-0.2, 0) is 20.9 Å². The summed E-state index contributed by atoms with van der Waals surface area (Å²) in [7, 11) is 0. The highest BCUT2D eigenvalue weighted by molar-refractivity contribution is 6.30. The molecule has 0 heterocycles. The van der Waals surface area contributed by atoms with Gasteiger partial charge in [-0.25, -0.2) is 0 Å². The molecule has 3 amide bonds. The highest BCUT2D eigenvalue weighted by Crippen LogP contribution is 2.21. The zero-order valence-corrected chi connectivity index (χ0v) is 16.2. The van der Waals surface area contributed by atoms with Crippen molar-refractivity contribution < 1.29 is 19.1 Å². The van der Waals surface area contributed by atoms with Gasteiger partial charge in [-0.15, -0.1) is 0 Å². The second-order valence-corrected chi connectivity index (χ2v) is 6.49. The predicted molar refractivity (Wildman–Crippen MR) is 105 cm³/mol. The summed E-state index contributed by atoms with van der Waals surface area (Å²) in [4.78, 5) is 35.2. The van der Waals surface area contributed by atoms with Gasteiger partial charge in [0.15, 0.2) is 6.61 Å². The molecule has 2 aromatic carbocycles. The summed E-state index contributed by atoms with van der Waals surface area (Å²) in [5.41, 5.74) is 6.27. The third kappa shape index (κ3) is 7.67. The molecule has 0 saturated carbocycles. The van der Waals surface area contributed by atoms with E-state index in [2.05, 4.69) is 16.2 Å². The van der Waals surface area contributed by atoms with E-state index in [0.29, 0.717) is 17.3 Å². The average Bonchev–Trinajstić information content (AvgIpc) is 2.69. The minimum Gasteiger partial charge on any atom is -0.483 e. The Bertz CT molecular complexity index is 827. The van der Waals surface area contributed by atoms with Gasteiger partial charge in [0.2, 0.25) is 11.8 Å². The van der Waals surface area contributed by atoms with E-state index in [4.69, 9.17) is 16.3 Å². The van der Waals surface area contributed by atoms with Crippen LogP contribution in [0.25, 0.3) is 0 Å². The van der Waals surface area contributed by atoms with E-state index >= 15 is 0 Å². The van der Waals surface area contributed by atoms with Crippen molar-refractivity contribution in [3.05, 3.63) is 64.7 Å². The fourth-order valence-electron chi connectivity index (χ4n) is 2.27. The van der Waals surface area contributed by atoms with Crippen molar-refractivity contribution in [1.29, 1.82) is 0 Å². The fraction of sp³-hybridized carbons (Fsp3) is 0.250. The first-order valence-corrected chi connectivity index (χ1v) is 9.09. The summed E-state index contributed by atoms with van der Waals surface area (Å²) in [5.74, 6) is -0.699. The number of rotatable bonds is 8. The van der Waals surface area contributed by atoms with Crippen LogP contribution in [0.5, 0.6) is 5.75 Å². The van der Waals surface area contributed by atoms with Crippen molar-refractivity contribution in [3.8, 4) is 5.75 Å². The standard InChI is InChI=1S/C20H22ClN3O4/c1-14-11-16(21)7-8-17(14)28-13-20(27)24-23-19(26)10-9-18(25)22-12-15-5-3-2-4-6-15/h2-8,11H,9-10,12-13H2,1H3,(H,22,25)(H,23,26)(H,24,27). The van der Waals surface area contributed by atoms with Gasteiger partial charge in [-0.3, -0.25) is 25.2 Å². The van der Waals surface area contributed by atoms with Crippen LogP contribution in [0.2, 0.25) is 5.02 Å². The van der Waals surface area contributed by atoms with Gasteiger partial charge < -0.3 is 10.1 Å². The molecule has 2 aromatic rings. The van der Waals surface area contributed by atoms with E-state index in [1.54, 1.807) is 18.2 Å². The number of aryl methyl sites for hydroxylation is 1. The predicted octanol–water partition coefficient (Wildman–Crippen LogP) is 2.27. The normalized spacial score (nSPS) is 10.1. The number of hydrogen-bond donors (Lipinski definition) is 3. The van der Waals surface area contributed by atoms with Crippen LogP contribution in [0.4, 0.5) is 0 Å². The van der Waals surface area contributed by atoms with Gasteiger partial charge in [0.1, 0.15) is 5.75 Å². The third-order valence-corrected chi connectivity index (χ3v) is 3.98. The molecule has 0 radical (unpaired) electrons. The molecule has 8 heteroatoms. The zero-order valence-electron chi connectivity index (χ0n) is 15.5. The second-order valence-electron chi connectivity index (χ2n) is 6.06. The third-order valence-electron chi connectivity index (χ3n) is 3.75. The number of benzene rings is 2. The van der Waals surface area contributed by atoms with Gasteiger partial charge in [0, 0.05) is 24.4 Å². The topological polar surface area (TPSA) is 96.5 Å². The molecule has 7 nitrogen and oxygen atoms in total. The number of ether oxygens (including phenoxy) is 1. The molecule has 0 aliphatic rings. The van der Waals surface area contributed by atoms with Crippen LogP contribution in [0, 0.1) is 6.92 Å². The second kappa shape index (κ2) is 10.9. The Hall–Kier alpha value is -3.06. The molecule has 0 saturated heterocycles. The summed E-state index contributed by atoms with van der Waals surface area (Å²) >= 11 is 5.86. The first-order chi connectivity index (χ1) is 13.4. The molecular weight excluding hydrogens is 382 g/mol. The van der Waals surface area contributed by atoms with Gasteiger partial charge in [-0.1, -0.05) is 41.9 Å². The number of amides is 3. The largest absolute Gasteiger partial charge is 0.483 e. The molecule has 0 spiro atoms. The molecule has 0 aliphatic carbocycles. The molecule has 28 heavy (non-hydrogen) atoms. The zero-order chi connectivity index (χ0) is 20.4. The Kier molecular flexibility index (Phi) is 8.30. The number of carbonyl (C=O) groups excluding carboxylic acids is 3. The maximum absolute atomic E-state index is 11.8. The molecular formula is C20H22ClN3O4.